The number of nitrogens with one attached hydrogen (secondary N) is 2. The van der Waals surface area contributed by atoms with Crippen LogP contribution in [0.15, 0.2) is 6.07 Å². The quantitative estimate of drug-likeness (QED) is 0.796. The topological polar surface area (TPSA) is 79.3 Å². The Morgan fingerprint density at radius 3 is 2.57 bits per heavy atom. The van der Waals surface area contributed by atoms with Crippen molar-refractivity contribution in [2.45, 2.75) is 25.8 Å². The van der Waals surface area contributed by atoms with E-state index in [9.17, 15) is 9.59 Å². The average molecular weight is 293 g/mol. The summed E-state index contributed by atoms with van der Waals surface area (Å²) in [5.74, 6) is -0.470. The second-order valence-electron chi connectivity index (χ2n) is 5.62. The Morgan fingerprint density at radius 2 is 2.00 bits per heavy atom. The zero-order chi connectivity index (χ0) is 15.4. The van der Waals surface area contributed by atoms with Gasteiger partial charge in [0, 0.05) is 18.8 Å². The maximum atomic E-state index is 11.9. The Kier molecular flexibility index (Phi) is 4.95. The van der Waals surface area contributed by atoms with E-state index in [0.717, 1.165) is 31.6 Å². The smallest absolute Gasteiger partial charge is 0.272 e. The third-order valence-electron chi connectivity index (χ3n) is 3.84. The van der Waals surface area contributed by atoms with E-state index in [1.54, 1.807) is 17.8 Å². The summed E-state index contributed by atoms with van der Waals surface area (Å²) >= 11 is 0. The molecule has 116 valence electrons. The molecule has 7 nitrogen and oxygen atoms in total. The number of hydrogen-bond acceptors (Lipinski definition) is 4. The summed E-state index contributed by atoms with van der Waals surface area (Å²) in [6.45, 7) is 3.84. The summed E-state index contributed by atoms with van der Waals surface area (Å²) < 4.78 is 1.63. The van der Waals surface area contributed by atoms with Gasteiger partial charge in [-0.3, -0.25) is 14.3 Å². The lowest BCUT2D eigenvalue weighted by Gasteiger charge is -2.29. The van der Waals surface area contributed by atoms with Gasteiger partial charge in [0.25, 0.3) is 5.91 Å². The van der Waals surface area contributed by atoms with Crippen LogP contribution < -0.4 is 10.6 Å². The molecule has 0 unspecified atom stereocenters. The SMILES string of the molecule is Cc1cc(C(=O)NCC(=O)NC2CCN(C)CC2)nn1C. The van der Waals surface area contributed by atoms with Gasteiger partial charge in [0.05, 0.1) is 6.54 Å². The van der Waals surface area contributed by atoms with Crippen molar-refractivity contribution in [2.75, 3.05) is 26.7 Å². The van der Waals surface area contributed by atoms with Gasteiger partial charge in [-0.05, 0) is 46.0 Å². The monoisotopic (exact) mass is 293 g/mol. The van der Waals surface area contributed by atoms with E-state index in [1.807, 2.05) is 6.92 Å². The van der Waals surface area contributed by atoms with E-state index in [-0.39, 0.29) is 24.4 Å². The van der Waals surface area contributed by atoms with E-state index in [1.165, 1.54) is 0 Å². The van der Waals surface area contributed by atoms with Crippen molar-refractivity contribution in [1.29, 1.82) is 0 Å². The van der Waals surface area contributed by atoms with Crippen LogP contribution in [0.3, 0.4) is 0 Å². The molecular weight excluding hydrogens is 270 g/mol. The van der Waals surface area contributed by atoms with Gasteiger partial charge in [0.2, 0.25) is 5.91 Å². The number of piperidine rings is 1. The molecule has 0 spiro atoms. The number of hydrogen-bond donors (Lipinski definition) is 2. The van der Waals surface area contributed by atoms with Crippen LogP contribution >= 0.6 is 0 Å². The summed E-state index contributed by atoms with van der Waals surface area (Å²) in [4.78, 5) is 26.0. The van der Waals surface area contributed by atoms with Crippen molar-refractivity contribution in [3.8, 4) is 0 Å². The molecule has 1 fully saturated rings. The van der Waals surface area contributed by atoms with Crippen LogP contribution in [-0.2, 0) is 11.8 Å². The fourth-order valence-corrected chi connectivity index (χ4v) is 2.35. The van der Waals surface area contributed by atoms with Crippen molar-refractivity contribution in [2.24, 2.45) is 7.05 Å². The number of carbonyl (C=O) groups excluding carboxylic acids is 2. The third-order valence-corrected chi connectivity index (χ3v) is 3.84. The first-order valence-electron chi connectivity index (χ1n) is 7.22. The van der Waals surface area contributed by atoms with Gasteiger partial charge in [-0.2, -0.15) is 5.10 Å². The predicted molar refractivity (Wildman–Crippen MR) is 78.9 cm³/mol. The fourth-order valence-electron chi connectivity index (χ4n) is 2.35. The lowest BCUT2D eigenvalue weighted by atomic mass is 10.1. The highest BCUT2D eigenvalue weighted by Gasteiger charge is 2.19. The summed E-state index contributed by atoms with van der Waals surface area (Å²) in [6.07, 6.45) is 1.91. The fraction of sp³-hybridized carbons (Fsp3) is 0.643. The standard InChI is InChI=1S/C14H23N5O2/c1-10-8-12(17-19(10)3)14(21)15-9-13(20)16-11-4-6-18(2)7-5-11/h8,11H,4-7,9H2,1-3H3,(H,15,21)(H,16,20). The van der Waals surface area contributed by atoms with Crippen LogP contribution in [0.2, 0.25) is 0 Å². The minimum atomic E-state index is -0.322. The van der Waals surface area contributed by atoms with E-state index in [2.05, 4.69) is 27.7 Å². The first-order chi connectivity index (χ1) is 9.95. The lowest BCUT2D eigenvalue weighted by Crippen LogP contribution is -2.46. The highest BCUT2D eigenvalue weighted by molar-refractivity contribution is 5.94. The minimum absolute atomic E-state index is 0.0131. The van der Waals surface area contributed by atoms with Crippen molar-refractivity contribution in [1.82, 2.24) is 25.3 Å². The third kappa shape index (κ3) is 4.29. The number of aryl methyl sites for hydroxylation is 2. The van der Waals surface area contributed by atoms with Crippen LogP contribution in [0.4, 0.5) is 0 Å². The zero-order valence-electron chi connectivity index (χ0n) is 12.8. The molecule has 0 aromatic carbocycles. The second kappa shape index (κ2) is 6.71. The van der Waals surface area contributed by atoms with Gasteiger partial charge in [0.15, 0.2) is 0 Å². The van der Waals surface area contributed by atoms with Gasteiger partial charge in [-0.15, -0.1) is 0 Å². The molecule has 0 saturated carbocycles. The number of nitrogens with zero attached hydrogens (tertiary/aromatic N) is 3. The number of amides is 2. The molecular formula is C14H23N5O2. The Hall–Kier alpha value is -1.89. The van der Waals surface area contributed by atoms with Crippen LogP contribution in [0, 0.1) is 6.92 Å². The number of likely N-dealkylation sites (tertiary alicyclic amines) is 1. The largest absolute Gasteiger partial charge is 0.352 e. The van der Waals surface area contributed by atoms with Crippen LogP contribution in [0.25, 0.3) is 0 Å². The van der Waals surface area contributed by atoms with Gasteiger partial charge < -0.3 is 15.5 Å². The van der Waals surface area contributed by atoms with Gasteiger partial charge in [-0.25, -0.2) is 0 Å². The van der Waals surface area contributed by atoms with E-state index in [4.69, 9.17) is 0 Å². The van der Waals surface area contributed by atoms with E-state index < -0.39 is 0 Å². The normalized spacial score (nSPS) is 16.7. The molecule has 1 aliphatic rings. The summed E-state index contributed by atoms with van der Waals surface area (Å²) in [7, 11) is 3.85. The van der Waals surface area contributed by atoms with Crippen molar-refractivity contribution >= 4 is 11.8 Å². The number of rotatable bonds is 4. The highest BCUT2D eigenvalue weighted by Crippen LogP contribution is 2.07. The molecule has 2 N–H and O–H groups in total. The molecule has 1 aromatic rings. The maximum absolute atomic E-state index is 11.9. The minimum Gasteiger partial charge on any atom is -0.352 e. The molecule has 0 aliphatic carbocycles. The van der Waals surface area contributed by atoms with Crippen molar-refractivity contribution < 1.29 is 9.59 Å². The molecule has 1 aliphatic heterocycles. The second-order valence-corrected chi connectivity index (χ2v) is 5.62. The maximum Gasteiger partial charge on any atom is 0.272 e. The molecule has 0 radical (unpaired) electrons. The summed E-state index contributed by atoms with van der Waals surface area (Å²) in [5, 5.41) is 9.64. The molecule has 21 heavy (non-hydrogen) atoms. The van der Waals surface area contributed by atoms with Gasteiger partial charge >= 0.3 is 0 Å². The Morgan fingerprint density at radius 1 is 1.33 bits per heavy atom. The van der Waals surface area contributed by atoms with Gasteiger partial charge in [-0.1, -0.05) is 0 Å². The summed E-state index contributed by atoms with van der Waals surface area (Å²) in [6, 6.07) is 1.91. The molecule has 1 saturated heterocycles. The lowest BCUT2D eigenvalue weighted by molar-refractivity contribution is -0.121. The predicted octanol–water partition coefficient (Wildman–Crippen LogP) is -0.331. The van der Waals surface area contributed by atoms with Crippen LogP contribution in [0.1, 0.15) is 29.0 Å². The molecule has 2 heterocycles. The Labute approximate surface area is 124 Å². The number of aromatic nitrogens is 2. The van der Waals surface area contributed by atoms with E-state index >= 15 is 0 Å². The zero-order valence-corrected chi connectivity index (χ0v) is 12.8. The first kappa shape index (κ1) is 15.5. The van der Waals surface area contributed by atoms with E-state index in [0.29, 0.717) is 5.69 Å². The summed E-state index contributed by atoms with van der Waals surface area (Å²) in [5.41, 5.74) is 1.23. The molecule has 2 rings (SSSR count). The Balaban J connectivity index is 1.74. The number of carbonyl (C=O) groups is 2. The average Bonchev–Trinajstić information content (AvgIpc) is 2.79. The molecule has 0 atom stereocenters. The molecule has 0 bridgehead atoms. The van der Waals surface area contributed by atoms with Crippen LogP contribution in [0.5, 0.6) is 0 Å². The molecule has 2 amide bonds. The molecule has 1 aromatic heterocycles. The Bertz CT molecular complexity index is 498. The van der Waals surface area contributed by atoms with Crippen LogP contribution in [-0.4, -0.2) is 59.2 Å². The van der Waals surface area contributed by atoms with Crippen molar-refractivity contribution in [3.63, 3.8) is 0 Å². The first-order valence-corrected chi connectivity index (χ1v) is 7.22. The molecule has 7 heteroatoms. The highest BCUT2D eigenvalue weighted by atomic mass is 16.2. The van der Waals surface area contributed by atoms with Gasteiger partial charge in [0.1, 0.15) is 5.69 Å². The van der Waals surface area contributed by atoms with Crippen molar-refractivity contribution in [3.05, 3.63) is 17.5 Å².